The summed E-state index contributed by atoms with van der Waals surface area (Å²) in [5.74, 6) is 0.957. The lowest BCUT2D eigenvalue weighted by molar-refractivity contribution is 0.410. The van der Waals surface area contributed by atoms with E-state index in [0.717, 1.165) is 18.7 Å². The highest BCUT2D eigenvalue weighted by Gasteiger charge is 2.30. The van der Waals surface area contributed by atoms with Crippen molar-refractivity contribution in [2.24, 2.45) is 0 Å². The Hall–Kier alpha value is -0.970. The lowest BCUT2D eigenvalue weighted by Crippen LogP contribution is -2.34. The van der Waals surface area contributed by atoms with Crippen molar-refractivity contribution in [2.75, 3.05) is 13.7 Å². The molecule has 0 bridgehead atoms. The smallest absolute Gasteiger partial charge is 0.119 e. The van der Waals surface area contributed by atoms with Crippen molar-refractivity contribution in [3.8, 4) is 5.75 Å². The van der Waals surface area contributed by atoms with E-state index in [2.05, 4.69) is 48.0 Å². The molecule has 3 rings (SSSR count). The number of ether oxygens (including phenoxy) is 1. The third kappa shape index (κ3) is 3.28. The molecule has 0 aliphatic heterocycles. The second-order valence-corrected chi connectivity index (χ2v) is 7.71. The van der Waals surface area contributed by atoms with Gasteiger partial charge in [-0.25, -0.2) is 0 Å². The Morgan fingerprint density at radius 3 is 3.00 bits per heavy atom. The van der Waals surface area contributed by atoms with Gasteiger partial charge in [0.15, 0.2) is 0 Å². The van der Waals surface area contributed by atoms with Crippen LogP contribution < -0.4 is 10.1 Å². The zero-order valence-corrected chi connectivity index (χ0v) is 14.1. The summed E-state index contributed by atoms with van der Waals surface area (Å²) in [7, 11) is 1.74. The number of aryl methyl sites for hydroxylation is 1. The summed E-state index contributed by atoms with van der Waals surface area (Å²) in [5, 5.41) is 6.43. The highest BCUT2D eigenvalue weighted by atomic mass is 32.2. The van der Waals surface area contributed by atoms with E-state index in [1.54, 1.807) is 7.11 Å². The Labute approximate surface area is 134 Å². The van der Waals surface area contributed by atoms with Crippen molar-refractivity contribution in [3.05, 3.63) is 46.8 Å². The van der Waals surface area contributed by atoms with Crippen LogP contribution in [0.5, 0.6) is 5.75 Å². The first-order valence-electron chi connectivity index (χ1n) is 7.42. The van der Waals surface area contributed by atoms with Crippen LogP contribution in [0.1, 0.15) is 30.5 Å². The fourth-order valence-corrected chi connectivity index (χ4v) is 5.23. The summed E-state index contributed by atoms with van der Waals surface area (Å²) < 4.78 is 6.83. The number of nitrogens with one attached hydrogen (secondary N) is 1. The summed E-state index contributed by atoms with van der Waals surface area (Å²) in [5.41, 5.74) is 2.88. The van der Waals surface area contributed by atoms with Crippen molar-refractivity contribution in [3.63, 3.8) is 0 Å². The van der Waals surface area contributed by atoms with Crippen molar-refractivity contribution in [2.45, 2.75) is 35.3 Å². The minimum Gasteiger partial charge on any atom is -0.497 e. The van der Waals surface area contributed by atoms with E-state index in [1.165, 1.54) is 21.8 Å². The van der Waals surface area contributed by atoms with Crippen LogP contribution in [0.15, 0.2) is 39.9 Å². The number of fused-ring (bicyclic) bond motifs is 1. The molecule has 0 spiro atoms. The molecule has 1 aliphatic carbocycles. The highest BCUT2D eigenvalue weighted by molar-refractivity contribution is 8.01. The van der Waals surface area contributed by atoms with Gasteiger partial charge in [-0.1, -0.05) is 19.1 Å². The average Bonchev–Trinajstić information content (AvgIpc) is 3.02. The largest absolute Gasteiger partial charge is 0.497 e. The Kier molecular flexibility index (Phi) is 4.88. The summed E-state index contributed by atoms with van der Waals surface area (Å²) in [6, 6.07) is 11.3. The predicted octanol–water partition coefficient (Wildman–Crippen LogP) is 4.51. The Morgan fingerprint density at radius 2 is 2.29 bits per heavy atom. The standard InChI is InChI=1S/C17H21NOS2/c1-3-18-17-14-11-13(19-2)8-6-12(14)7-9-15(17)21-16-5-4-10-20-16/h4-6,8,10-11,15,17-18H,3,7,9H2,1-2H3. The van der Waals surface area contributed by atoms with Gasteiger partial charge in [0.05, 0.1) is 11.3 Å². The lowest BCUT2D eigenvalue weighted by atomic mass is 9.87. The first kappa shape index (κ1) is 14.9. The number of thioether (sulfide) groups is 1. The van der Waals surface area contributed by atoms with Crippen molar-refractivity contribution >= 4 is 23.1 Å². The maximum absolute atomic E-state index is 5.42. The SMILES string of the molecule is CCNC1c2cc(OC)ccc2CCC1Sc1cccs1. The zero-order valence-electron chi connectivity index (χ0n) is 12.5. The third-order valence-corrected chi connectivity index (χ3v) is 6.36. The number of hydrogen-bond donors (Lipinski definition) is 1. The van der Waals surface area contributed by atoms with E-state index in [0.29, 0.717) is 11.3 Å². The molecular formula is C17H21NOS2. The molecule has 1 N–H and O–H groups in total. The van der Waals surface area contributed by atoms with Crippen LogP contribution in [-0.4, -0.2) is 18.9 Å². The first-order valence-corrected chi connectivity index (χ1v) is 9.18. The Balaban J connectivity index is 1.89. The van der Waals surface area contributed by atoms with E-state index in [-0.39, 0.29) is 0 Å². The summed E-state index contributed by atoms with van der Waals surface area (Å²) in [6.45, 7) is 3.17. The molecule has 21 heavy (non-hydrogen) atoms. The van der Waals surface area contributed by atoms with Gasteiger partial charge in [0.2, 0.25) is 0 Å². The van der Waals surface area contributed by atoms with Gasteiger partial charge < -0.3 is 10.1 Å². The van der Waals surface area contributed by atoms with Crippen LogP contribution in [0, 0.1) is 0 Å². The maximum Gasteiger partial charge on any atom is 0.119 e. The fraction of sp³-hybridized carbons (Fsp3) is 0.412. The number of rotatable bonds is 5. The van der Waals surface area contributed by atoms with E-state index in [4.69, 9.17) is 4.74 Å². The van der Waals surface area contributed by atoms with E-state index >= 15 is 0 Å². The Morgan fingerprint density at radius 1 is 1.38 bits per heavy atom. The van der Waals surface area contributed by atoms with Crippen molar-refractivity contribution < 1.29 is 4.74 Å². The van der Waals surface area contributed by atoms with Crippen LogP contribution in [0.2, 0.25) is 0 Å². The fourth-order valence-electron chi connectivity index (χ4n) is 2.95. The maximum atomic E-state index is 5.42. The Bertz CT molecular complexity index is 582. The van der Waals surface area contributed by atoms with Gasteiger partial charge in [0.1, 0.15) is 5.75 Å². The molecular weight excluding hydrogens is 298 g/mol. The molecule has 2 unspecified atom stereocenters. The molecule has 1 heterocycles. The second-order valence-electron chi connectivity index (χ2n) is 5.23. The molecule has 0 saturated carbocycles. The zero-order chi connectivity index (χ0) is 14.7. The van der Waals surface area contributed by atoms with E-state index in [9.17, 15) is 0 Å². The second kappa shape index (κ2) is 6.86. The summed E-state index contributed by atoms with van der Waals surface area (Å²) >= 11 is 3.85. The van der Waals surface area contributed by atoms with Crippen LogP contribution in [-0.2, 0) is 6.42 Å². The van der Waals surface area contributed by atoms with E-state index in [1.807, 2.05) is 23.1 Å². The minimum atomic E-state index is 0.404. The topological polar surface area (TPSA) is 21.3 Å². The monoisotopic (exact) mass is 319 g/mol. The molecule has 4 heteroatoms. The molecule has 2 nitrogen and oxygen atoms in total. The van der Waals surface area contributed by atoms with Gasteiger partial charge in [0, 0.05) is 11.3 Å². The minimum absolute atomic E-state index is 0.404. The van der Waals surface area contributed by atoms with Crippen molar-refractivity contribution in [1.29, 1.82) is 0 Å². The highest BCUT2D eigenvalue weighted by Crippen LogP contribution is 2.42. The molecule has 2 aromatic rings. The lowest BCUT2D eigenvalue weighted by Gasteiger charge is -2.33. The van der Waals surface area contributed by atoms with Gasteiger partial charge in [-0.3, -0.25) is 0 Å². The number of methoxy groups -OCH3 is 1. The van der Waals surface area contributed by atoms with Gasteiger partial charge in [-0.2, -0.15) is 0 Å². The third-order valence-electron chi connectivity index (χ3n) is 3.94. The predicted molar refractivity (Wildman–Crippen MR) is 91.7 cm³/mol. The summed E-state index contributed by atoms with van der Waals surface area (Å²) in [6.07, 6.45) is 2.38. The molecule has 0 amide bonds. The van der Waals surface area contributed by atoms with Crippen LogP contribution in [0.25, 0.3) is 0 Å². The molecule has 0 radical (unpaired) electrons. The van der Waals surface area contributed by atoms with E-state index < -0.39 is 0 Å². The van der Waals surface area contributed by atoms with Crippen LogP contribution in [0.4, 0.5) is 0 Å². The normalized spacial score (nSPS) is 21.0. The number of benzene rings is 1. The molecule has 1 aromatic carbocycles. The summed E-state index contributed by atoms with van der Waals surface area (Å²) in [4.78, 5) is 0. The number of hydrogen-bond acceptors (Lipinski definition) is 4. The molecule has 2 atom stereocenters. The molecule has 0 saturated heterocycles. The molecule has 112 valence electrons. The van der Waals surface area contributed by atoms with Crippen LogP contribution in [0.3, 0.4) is 0 Å². The van der Waals surface area contributed by atoms with Gasteiger partial charge in [-0.05, 0) is 54.1 Å². The molecule has 0 fully saturated rings. The van der Waals surface area contributed by atoms with Gasteiger partial charge in [0.25, 0.3) is 0 Å². The average molecular weight is 319 g/mol. The first-order chi connectivity index (χ1) is 10.3. The molecule has 1 aliphatic rings. The van der Waals surface area contributed by atoms with Crippen LogP contribution >= 0.6 is 23.1 Å². The van der Waals surface area contributed by atoms with Gasteiger partial charge >= 0.3 is 0 Å². The van der Waals surface area contributed by atoms with Crippen molar-refractivity contribution in [1.82, 2.24) is 5.32 Å². The quantitative estimate of drug-likeness (QED) is 0.876. The molecule has 1 aromatic heterocycles. The number of thiophene rings is 1. The van der Waals surface area contributed by atoms with Gasteiger partial charge in [-0.15, -0.1) is 23.1 Å².